The van der Waals surface area contributed by atoms with Crippen LogP contribution in [-0.2, 0) is 6.54 Å². The van der Waals surface area contributed by atoms with E-state index in [1.165, 1.54) is 11.3 Å². The number of nitrogens with zero attached hydrogens (tertiary/aromatic N) is 3. The normalized spacial score (nSPS) is 10.3. The first-order valence-corrected chi connectivity index (χ1v) is 7.09. The summed E-state index contributed by atoms with van der Waals surface area (Å²) >= 11 is 1.27. The second-order valence-electron chi connectivity index (χ2n) is 4.16. The molecule has 2 aromatic heterocycles. The van der Waals surface area contributed by atoms with E-state index < -0.39 is 0 Å². The van der Waals surface area contributed by atoms with Gasteiger partial charge in [-0.05, 0) is 24.6 Å². The maximum atomic E-state index is 12.5. The molecule has 0 saturated carbocycles. The third kappa shape index (κ3) is 3.05. The van der Waals surface area contributed by atoms with Crippen LogP contribution in [0, 0.1) is 0 Å². The molecule has 7 heteroatoms. The van der Waals surface area contributed by atoms with Crippen LogP contribution in [0.15, 0.2) is 24.5 Å². The largest absolute Gasteiger partial charge is 0.382 e. The maximum Gasteiger partial charge on any atom is 0.268 e. The van der Waals surface area contributed by atoms with Crippen molar-refractivity contribution >= 4 is 28.2 Å². The smallest absolute Gasteiger partial charge is 0.268 e. The summed E-state index contributed by atoms with van der Waals surface area (Å²) in [4.78, 5) is 22.8. The van der Waals surface area contributed by atoms with E-state index in [0.717, 1.165) is 5.56 Å². The van der Waals surface area contributed by atoms with E-state index in [4.69, 9.17) is 5.73 Å². The van der Waals surface area contributed by atoms with Gasteiger partial charge < -0.3 is 16.0 Å². The summed E-state index contributed by atoms with van der Waals surface area (Å²) in [6, 6.07) is 3.79. The highest BCUT2D eigenvalue weighted by atomic mass is 32.1. The predicted octanol–water partition coefficient (Wildman–Crippen LogP) is 1.82. The van der Waals surface area contributed by atoms with Crippen LogP contribution in [0.4, 0.5) is 10.9 Å². The van der Waals surface area contributed by atoms with Crippen LogP contribution in [0.5, 0.6) is 0 Å². The Kier molecular flexibility index (Phi) is 4.52. The number of carbonyl (C=O) groups is 1. The number of aromatic nitrogens is 2. The lowest BCUT2D eigenvalue weighted by Crippen LogP contribution is -2.30. The molecule has 0 aliphatic carbocycles. The summed E-state index contributed by atoms with van der Waals surface area (Å²) in [5.74, 6) is 0.179. The third-order valence-electron chi connectivity index (χ3n) is 2.85. The molecule has 2 aromatic rings. The molecule has 106 valence electrons. The molecular formula is C13H17N5OS. The Bertz CT molecular complexity index is 584. The standard InChI is InChI=1S/C13H17N5OS/c1-3-18(8-9-4-6-16-7-5-9)12(19)10-11(14)17-13(15-2)20-10/h4-7H,3,8,14H2,1-2H3,(H,15,17). The Balaban J connectivity index is 2.18. The zero-order chi connectivity index (χ0) is 14.5. The molecule has 20 heavy (non-hydrogen) atoms. The zero-order valence-electron chi connectivity index (χ0n) is 11.5. The fraction of sp³-hybridized carbons (Fsp3) is 0.308. The summed E-state index contributed by atoms with van der Waals surface area (Å²) in [6.45, 7) is 3.08. The Hall–Kier alpha value is -2.15. The Labute approximate surface area is 121 Å². The van der Waals surface area contributed by atoms with Gasteiger partial charge in [0.1, 0.15) is 10.7 Å². The van der Waals surface area contributed by atoms with E-state index >= 15 is 0 Å². The molecule has 1 amide bonds. The quantitative estimate of drug-likeness (QED) is 0.878. The molecule has 0 aliphatic rings. The summed E-state index contributed by atoms with van der Waals surface area (Å²) < 4.78 is 0. The minimum atomic E-state index is -0.0965. The number of hydrogen-bond acceptors (Lipinski definition) is 6. The second-order valence-corrected chi connectivity index (χ2v) is 5.16. The average Bonchev–Trinajstić information content (AvgIpc) is 2.86. The van der Waals surface area contributed by atoms with Gasteiger partial charge in [0, 0.05) is 32.5 Å². The number of anilines is 2. The molecule has 0 unspecified atom stereocenters. The maximum absolute atomic E-state index is 12.5. The monoisotopic (exact) mass is 291 g/mol. The van der Waals surface area contributed by atoms with Crippen molar-refractivity contribution in [3.8, 4) is 0 Å². The van der Waals surface area contributed by atoms with E-state index in [2.05, 4.69) is 15.3 Å². The molecule has 0 radical (unpaired) electrons. The van der Waals surface area contributed by atoms with Gasteiger partial charge in [0.25, 0.3) is 5.91 Å². The van der Waals surface area contributed by atoms with Crippen LogP contribution >= 0.6 is 11.3 Å². The molecule has 2 heterocycles. The zero-order valence-corrected chi connectivity index (χ0v) is 12.3. The van der Waals surface area contributed by atoms with Gasteiger partial charge in [0.15, 0.2) is 5.13 Å². The van der Waals surface area contributed by atoms with E-state index in [0.29, 0.717) is 23.1 Å². The van der Waals surface area contributed by atoms with Gasteiger partial charge in [0.2, 0.25) is 0 Å². The van der Waals surface area contributed by atoms with Crippen molar-refractivity contribution in [2.75, 3.05) is 24.6 Å². The topological polar surface area (TPSA) is 84.1 Å². The number of nitrogens with two attached hydrogens (primary N) is 1. The lowest BCUT2D eigenvalue weighted by atomic mass is 10.2. The Morgan fingerprint density at radius 1 is 1.45 bits per heavy atom. The van der Waals surface area contributed by atoms with Crippen molar-refractivity contribution in [1.82, 2.24) is 14.9 Å². The molecule has 0 fully saturated rings. The summed E-state index contributed by atoms with van der Waals surface area (Å²) in [5.41, 5.74) is 6.84. The first-order chi connectivity index (χ1) is 9.65. The van der Waals surface area contributed by atoms with Crippen molar-refractivity contribution < 1.29 is 4.79 Å². The number of nitrogens with one attached hydrogen (secondary N) is 1. The van der Waals surface area contributed by atoms with E-state index in [1.807, 2.05) is 19.1 Å². The fourth-order valence-corrected chi connectivity index (χ4v) is 2.58. The van der Waals surface area contributed by atoms with Gasteiger partial charge in [-0.25, -0.2) is 4.98 Å². The molecule has 0 spiro atoms. The molecule has 0 aromatic carbocycles. The molecule has 2 rings (SSSR count). The number of nitrogen functional groups attached to an aromatic ring is 1. The first kappa shape index (κ1) is 14.3. The summed E-state index contributed by atoms with van der Waals surface area (Å²) in [6.07, 6.45) is 3.43. The summed E-state index contributed by atoms with van der Waals surface area (Å²) in [5, 5.41) is 3.54. The molecular weight excluding hydrogens is 274 g/mol. The lowest BCUT2D eigenvalue weighted by molar-refractivity contribution is 0.0758. The van der Waals surface area contributed by atoms with Gasteiger partial charge >= 0.3 is 0 Å². The fourth-order valence-electron chi connectivity index (χ4n) is 1.77. The van der Waals surface area contributed by atoms with Crippen LogP contribution in [0.1, 0.15) is 22.2 Å². The third-order valence-corrected chi connectivity index (χ3v) is 3.93. The minimum Gasteiger partial charge on any atom is -0.382 e. The van der Waals surface area contributed by atoms with E-state index in [-0.39, 0.29) is 11.7 Å². The molecule has 0 aliphatic heterocycles. The van der Waals surface area contributed by atoms with Gasteiger partial charge in [-0.1, -0.05) is 11.3 Å². The second kappa shape index (κ2) is 6.33. The number of rotatable bonds is 5. The SMILES string of the molecule is CCN(Cc1ccncc1)C(=O)c1sc(NC)nc1N. The van der Waals surface area contributed by atoms with E-state index in [1.54, 1.807) is 24.3 Å². The molecule has 3 N–H and O–H groups in total. The van der Waals surface area contributed by atoms with Crippen molar-refractivity contribution in [3.63, 3.8) is 0 Å². The summed E-state index contributed by atoms with van der Waals surface area (Å²) in [7, 11) is 1.75. The van der Waals surface area contributed by atoms with Gasteiger partial charge in [0.05, 0.1) is 0 Å². The van der Waals surface area contributed by atoms with E-state index in [9.17, 15) is 4.79 Å². The minimum absolute atomic E-state index is 0.0965. The Morgan fingerprint density at radius 2 is 2.15 bits per heavy atom. The molecule has 0 atom stereocenters. The molecule has 0 saturated heterocycles. The van der Waals surface area contributed by atoms with Crippen LogP contribution in [0.25, 0.3) is 0 Å². The predicted molar refractivity (Wildman–Crippen MR) is 80.7 cm³/mol. The highest BCUT2D eigenvalue weighted by Crippen LogP contribution is 2.26. The number of amides is 1. The number of hydrogen-bond donors (Lipinski definition) is 2. The van der Waals surface area contributed by atoms with Gasteiger partial charge in [-0.3, -0.25) is 9.78 Å². The Morgan fingerprint density at radius 3 is 2.70 bits per heavy atom. The molecule has 0 bridgehead atoms. The lowest BCUT2D eigenvalue weighted by Gasteiger charge is -2.20. The van der Waals surface area contributed by atoms with Gasteiger partial charge in [-0.15, -0.1) is 0 Å². The van der Waals surface area contributed by atoms with Crippen LogP contribution in [0.3, 0.4) is 0 Å². The van der Waals surface area contributed by atoms with Crippen LogP contribution in [-0.4, -0.2) is 34.4 Å². The highest BCUT2D eigenvalue weighted by Gasteiger charge is 2.21. The number of thiazole rings is 1. The van der Waals surface area contributed by atoms with Crippen molar-refractivity contribution in [2.45, 2.75) is 13.5 Å². The number of pyridine rings is 1. The molecule has 6 nitrogen and oxygen atoms in total. The highest BCUT2D eigenvalue weighted by molar-refractivity contribution is 7.18. The van der Waals surface area contributed by atoms with Crippen molar-refractivity contribution in [1.29, 1.82) is 0 Å². The average molecular weight is 291 g/mol. The van der Waals surface area contributed by atoms with Gasteiger partial charge in [-0.2, -0.15) is 0 Å². The van der Waals surface area contributed by atoms with Crippen molar-refractivity contribution in [2.24, 2.45) is 0 Å². The van der Waals surface area contributed by atoms with Crippen molar-refractivity contribution in [3.05, 3.63) is 35.0 Å². The number of carbonyl (C=O) groups excluding carboxylic acids is 1. The van der Waals surface area contributed by atoms with Crippen LogP contribution in [0.2, 0.25) is 0 Å². The van der Waals surface area contributed by atoms with Crippen LogP contribution < -0.4 is 11.1 Å². The first-order valence-electron chi connectivity index (χ1n) is 6.28.